The zero-order chi connectivity index (χ0) is 23.5. The van der Waals surface area contributed by atoms with E-state index in [9.17, 15) is 4.39 Å². The van der Waals surface area contributed by atoms with Crippen LogP contribution in [0.2, 0.25) is 0 Å². The number of benzene rings is 2. The molecule has 8 heteroatoms. The minimum Gasteiger partial charge on any atom is -0.490 e. The van der Waals surface area contributed by atoms with Crippen LogP contribution in [0.4, 0.5) is 4.39 Å². The van der Waals surface area contributed by atoms with Crippen molar-refractivity contribution in [3.8, 4) is 28.3 Å². The molecule has 0 bridgehead atoms. The predicted octanol–water partition coefficient (Wildman–Crippen LogP) is 4.51. The van der Waals surface area contributed by atoms with Crippen molar-refractivity contribution in [3.05, 3.63) is 64.8 Å². The summed E-state index contributed by atoms with van der Waals surface area (Å²) in [5.41, 5.74) is 11.5. The molecule has 0 aliphatic carbocycles. The molecule has 0 saturated carbocycles. The van der Waals surface area contributed by atoms with Gasteiger partial charge in [-0.1, -0.05) is 12.1 Å². The Morgan fingerprint density at radius 1 is 1.03 bits per heavy atom. The standard InChI is InChI=1S/C26H27FN4O2S/c1-31-9-6-17-14-18(2-3-19(17)16-31)24-22-7-13-34-26(22)25(30-29-24)21-5-4-20(27)15-23(21)33-12-11-32-10-8-28/h2-5,7,13-15H,6,8-12,16,28H2,1H3. The summed E-state index contributed by atoms with van der Waals surface area (Å²) in [4.78, 5) is 2.33. The van der Waals surface area contributed by atoms with Crippen LogP contribution in [0.5, 0.6) is 5.75 Å². The Morgan fingerprint density at radius 2 is 1.91 bits per heavy atom. The summed E-state index contributed by atoms with van der Waals surface area (Å²) in [6, 6.07) is 13.2. The van der Waals surface area contributed by atoms with Gasteiger partial charge < -0.3 is 20.1 Å². The SMILES string of the molecule is CN1CCc2cc(-c3nnc(-c4ccc(F)cc4OCCOCCN)c4sccc34)ccc2C1. The van der Waals surface area contributed by atoms with Crippen LogP contribution in [0.3, 0.4) is 0 Å². The lowest BCUT2D eigenvalue weighted by Gasteiger charge is -2.25. The molecule has 0 spiro atoms. The molecule has 2 aromatic carbocycles. The van der Waals surface area contributed by atoms with E-state index in [0.717, 1.165) is 40.9 Å². The van der Waals surface area contributed by atoms with Gasteiger partial charge in [0.2, 0.25) is 0 Å². The normalized spacial score (nSPS) is 13.9. The van der Waals surface area contributed by atoms with Gasteiger partial charge in [-0.25, -0.2) is 4.39 Å². The first kappa shape index (κ1) is 22.9. The summed E-state index contributed by atoms with van der Waals surface area (Å²) in [6.07, 6.45) is 1.03. The van der Waals surface area contributed by atoms with Crippen molar-refractivity contribution in [2.75, 3.05) is 40.0 Å². The second-order valence-corrected chi connectivity index (χ2v) is 9.34. The number of aromatic nitrogens is 2. The third-order valence-electron chi connectivity index (χ3n) is 6.01. The minimum atomic E-state index is -0.367. The molecule has 4 aromatic rings. The molecule has 0 atom stereocenters. The van der Waals surface area contributed by atoms with E-state index < -0.39 is 0 Å². The Hall–Kier alpha value is -2.91. The molecule has 0 amide bonds. The lowest BCUT2D eigenvalue weighted by atomic mass is 9.95. The second-order valence-electron chi connectivity index (χ2n) is 8.42. The number of thiophene rings is 1. The Morgan fingerprint density at radius 3 is 2.79 bits per heavy atom. The van der Waals surface area contributed by atoms with Crippen molar-refractivity contribution >= 4 is 21.4 Å². The lowest BCUT2D eigenvalue weighted by Crippen LogP contribution is -2.26. The fraction of sp³-hybridized carbons (Fsp3) is 0.308. The molecule has 2 N–H and O–H groups in total. The monoisotopic (exact) mass is 478 g/mol. The van der Waals surface area contributed by atoms with E-state index in [1.54, 1.807) is 17.4 Å². The number of likely N-dealkylation sites (N-methyl/N-ethyl adjacent to an activating group) is 1. The van der Waals surface area contributed by atoms with E-state index in [2.05, 4.69) is 46.4 Å². The maximum absolute atomic E-state index is 14.0. The number of ether oxygens (including phenoxy) is 2. The first-order valence-electron chi connectivity index (χ1n) is 11.4. The maximum atomic E-state index is 14.0. The van der Waals surface area contributed by atoms with Gasteiger partial charge in [-0.2, -0.15) is 0 Å². The van der Waals surface area contributed by atoms with E-state index in [4.69, 9.17) is 15.2 Å². The Labute approximate surface area is 202 Å². The van der Waals surface area contributed by atoms with Crippen molar-refractivity contribution < 1.29 is 13.9 Å². The molecule has 0 radical (unpaired) electrons. The second kappa shape index (κ2) is 10.1. The minimum absolute atomic E-state index is 0.292. The van der Waals surface area contributed by atoms with Crippen LogP contribution in [-0.2, 0) is 17.7 Å². The highest BCUT2D eigenvalue weighted by Gasteiger charge is 2.19. The van der Waals surface area contributed by atoms with Crippen LogP contribution < -0.4 is 10.5 Å². The topological polar surface area (TPSA) is 73.5 Å². The van der Waals surface area contributed by atoms with Gasteiger partial charge in [-0.3, -0.25) is 0 Å². The molecule has 2 aromatic heterocycles. The Kier molecular flexibility index (Phi) is 6.82. The molecule has 1 aliphatic rings. The summed E-state index contributed by atoms with van der Waals surface area (Å²) in [7, 11) is 2.15. The van der Waals surface area contributed by atoms with Gasteiger partial charge in [0.25, 0.3) is 0 Å². The molecule has 176 valence electrons. The van der Waals surface area contributed by atoms with E-state index in [0.29, 0.717) is 43.4 Å². The third kappa shape index (κ3) is 4.67. The molecule has 0 fully saturated rings. The largest absolute Gasteiger partial charge is 0.490 e. The van der Waals surface area contributed by atoms with E-state index in [1.807, 2.05) is 5.38 Å². The first-order valence-corrected chi connectivity index (χ1v) is 12.3. The molecule has 1 aliphatic heterocycles. The molecule has 0 unspecified atom stereocenters. The van der Waals surface area contributed by atoms with Crippen molar-refractivity contribution in [1.29, 1.82) is 0 Å². The number of nitrogens with zero attached hydrogens (tertiary/aromatic N) is 3. The smallest absolute Gasteiger partial charge is 0.131 e. The lowest BCUT2D eigenvalue weighted by molar-refractivity contribution is 0.106. The summed E-state index contributed by atoms with van der Waals surface area (Å²) in [6.45, 7) is 3.60. The Balaban J connectivity index is 1.50. The zero-order valence-corrected chi connectivity index (χ0v) is 19.9. The molecule has 34 heavy (non-hydrogen) atoms. The van der Waals surface area contributed by atoms with Crippen LogP contribution in [-0.4, -0.2) is 55.1 Å². The molecule has 5 rings (SSSR count). The predicted molar refractivity (Wildman–Crippen MR) is 134 cm³/mol. The Bertz CT molecular complexity index is 1310. The highest BCUT2D eigenvalue weighted by Crippen LogP contribution is 2.39. The average molecular weight is 479 g/mol. The fourth-order valence-corrected chi connectivity index (χ4v) is 5.21. The molecular formula is C26H27FN4O2S. The van der Waals surface area contributed by atoms with Gasteiger partial charge in [0, 0.05) is 42.2 Å². The third-order valence-corrected chi connectivity index (χ3v) is 6.94. The van der Waals surface area contributed by atoms with E-state index in [-0.39, 0.29) is 5.82 Å². The van der Waals surface area contributed by atoms with Gasteiger partial charge in [-0.15, -0.1) is 21.5 Å². The number of fused-ring (bicyclic) bond motifs is 2. The fourth-order valence-electron chi connectivity index (χ4n) is 4.32. The van der Waals surface area contributed by atoms with Crippen LogP contribution in [0.1, 0.15) is 11.1 Å². The van der Waals surface area contributed by atoms with Crippen LogP contribution in [0, 0.1) is 5.82 Å². The molecular weight excluding hydrogens is 451 g/mol. The summed E-state index contributed by atoms with van der Waals surface area (Å²) in [5, 5.41) is 12.3. The van der Waals surface area contributed by atoms with Crippen LogP contribution >= 0.6 is 11.3 Å². The number of halogens is 1. The van der Waals surface area contributed by atoms with Gasteiger partial charge in [0.05, 0.1) is 17.9 Å². The summed E-state index contributed by atoms with van der Waals surface area (Å²) in [5.74, 6) is 0.0549. The van der Waals surface area contributed by atoms with Crippen molar-refractivity contribution in [2.24, 2.45) is 5.73 Å². The van der Waals surface area contributed by atoms with Crippen LogP contribution in [0.25, 0.3) is 32.6 Å². The molecule has 6 nitrogen and oxygen atoms in total. The van der Waals surface area contributed by atoms with Crippen molar-refractivity contribution in [2.45, 2.75) is 13.0 Å². The van der Waals surface area contributed by atoms with Gasteiger partial charge >= 0.3 is 0 Å². The van der Waals surface area contributed by atoms with Gasteiger partial charge in [-0.05, 0) is 54.2 Å². The summed E-state index contributed by atoms with van der Waals surface area (Å²) >= 11 is 1.60. The van der Waals surface area contributed by atoms with Crippen molar-refractivity contribution in [1.82, 2.24) is 15.1 Å². The highest BCUT2D eigenvalue weighted by atomic mass is 32.1. The molecule has 3 heterocycles. The van der Waals surface area contributed by atoms with E-state index >= 15 is 0 Å². The quantitative estimate of drug-likeness (QED) is 0.376. The number of nitrogens with two attached hydrogens (primary N) is 1. The average Bonchev–Trinajstić information content (AvgIpc) is 3.34. The number of hydrogen-bond acceptors (Lipinski definition) is 7. The van der Waals surface area contributed by atoms with Crippen molar-refractivity contribution in [3.63, 3.8) is 0 Å². The summed E-state index contributed by atoms with van der Waals surface area (Å²) < 4.78 is 26.3. The van der Waals surface area contributed by atoms with Gasteiger partial charge in [0.1, 0.15) is 29.6 Å². The van der Waals surface area contributed by atoms with E-state index in [1.165, 1.54) is 23.3 Å². The maximum Gasteiger partial charge on any atom is 0.131 e. The van der Waals surface area contributed by atoms with Gasteiger partial charge in [0.15, 0.2) is 0 Å². The first-order chi connectivity index (χ1) is 16.6. The highest BCUT2D eigenvalue weighted by molar-refractivity contribution is 7.17. The molecule has 0 saturated heterocycles. The number of rotatable bonds is 8. The zero-order valence-electron chi connectivity index (χ0n) is 19.1. The number of hydrogen-bond donors (Lipinski definition) is 1. The van der Waals surface area contributed by atoms with Crippen LogP contribution in [0.15, 0.2) is 47.8 Å².